The molecule has 2 saturated carbocycles. The lowest BCUT2D eigenvalue weighted by Crippen LogP contribution is -2.15. The zero-order valence-corrected chi connectivity index (χ0v) is 14.3. The van der Waals surface area contributed by atoms with Crippen LogP contribution in [0.5, 0.6) is 0 Å². The van der Waals surface area contributed by atoms with E-state index < -0.39 is 0 Å². The van der Waals surface area contributed by atoms with Crippen LogP contribution in [-0.4, -0.2) is 16.8 Å². The average Bonchev–Trinajstić information content (AvgIpc) is 3.48. The van der Waals surface area contributed by atoms with E-state index in [2.05, 4.69) is 15.6 Å². The Kier molecular flexibility index (Phi) is 3.84. The van der Waals surface area contributed by atoms with Crippen molar-refractivity contribution in [2.75, 3.05) is 10.6 Å². The molecule has 0 bridgehead atoms. The molecule has 0 unspecified atom stereocenters. The summed E-state index contributed by atoms with van der Waals surface area (Å²) in [5, 5.41) is 5.89. The molecule has 0 aliphatic heterocycles. The van der Waals surface area contributed by atoms with E-state index in [1.165, 1.54) is 11.3 Å². The largest absolute Gasteiger partial charge is 0.326 e. The van der Waals surface area contributed by atoms with Gasteiger partial charge in [-0.05, 0) is 50.3 Å². The van der Waals surface area contributed by atoms with Crippen molar-refractivity contribution in [3.63, 3.8) is 0 Å². The molecule has 2 amide bonds. The van der Waals surface area contributed by atoms with E-state index in [0.29, 0.717) is 10.8 Å². The van der Waals surface area contributed by atoms with E-state index in [0.717, 1.165) is 48.3 Å². The van der Waals surface area contributed by atoms with E-state index in [9.17, 15) is 9.59 Å². The van der Waals surface area contributed by atoms with Crippen LogP contribution >= 0.6 is 11.3 Å². The Bertz CT molecular complexity index is 806. The minimum Gasteiger partial charge on any atom is -0.326 e. The lowest BCUT2D eigenvalue weighted by Gasteiger charge is -2.11. The first-order valence-corrected chi connectivity index (χ1v) is 9.16. The van der Waals surface area contributed by atoms with Crippen LogP contribution in [0.25, 0.3) is 0 Å². The van der Waals surface area contributed by atoms with Gasteiger partial charge in [0.05, 0.1) is 11.2 Å². The SMILES string of the molecule is Cc1ccc(NC(=O)C2CC2)cc1NC(=O)c1scnc1C1CC1. The first-order valence-electron chi connectivity index (χ1n) is 8.28. The van der Waals surface area contributed by atoms with Crippen molar-refractivity contribution < 1.29 is 9.59 Å². The third kappa shape index (κ3) is 3.19. The molecular formula is C18H19N3O2S. The minimum absolute atomic E-state index is 0.0645. The van der Waals surface area contributed by atoms with Gasteiger partial charge in [-0.15, -0.1) is 11.3 Å². The Hall–Kier alpha value is -2.21. The average molecular weight is 341 g/mol. The lowest BCUT2D eigenvalue weighted by atomic mass is 10.1. The summed E-state index contributed by atoms with van der Waals surface area (Å²) in [6.45, 7) is 1.94. The van der Waals surface area contributed by atoms with E-state index in [-0.39, 0.29) is 17.7 Å². The second-order valence-corrected chi connectivity index (χ2v) is 7.44. The summed E-state index contributed by atoms with van der Waals surface area (Å²) in [6.07, 6.45) is 4.17. The van der Waals surface area contributed by atoms with Gasteiger partial charge in [0, 0.05) is 23.2 Å². The van der Waals surface area contributed by atoms with E-state index >= 15 is 0 Å². The van der Waals surface area contributed by atoms with Crippen molar-refractivity contribution in [3.8, 4) is 0 Å². The van der Waals surface area contributed by atoms with Gasteiger partial charge in [0.15, 0.2) is 0 Å². The standard InChI is InChI=1S/C18H19N3O2S/c1-10-2-7-13(20-17(22)12-5-6-12)8-14(10)21-18(23)16-15(11-3-4-11)19-9-24-16/h2,7-9,11-12H,3-6H2,1H3,(H,20,22)(H,21,23). The fourth-order valence-electron chi connectivity index (χ4n) is 2.68. The maximum Gasteiger partial charge on any atom is 0.267 e. The Balaban J connectivity index is 1.51. The molecule has 1 heterocycles. The molecule has 1 aromatic carbocycles. The van der Waals surface area contributed by atoms with Gasteiger partial charge in [0.2, 0.25) is 5.91 Å². The van der Waals surface area contributed by atoms with Gasteiger partial charge in [0.25, 0.3) is 5.91 Å². The highest BCUT2D eigenvalue weighted by Gasteiger charge is 2.31. The first-order chi connectivity index (χ1) is 11.6. The summed E-state index contributed by atoms with van der Waals surface area (Å²) >= 11 is 1.39. The second kappa shape index (κ2) is 6.02. The van der Waals surface area contributed by atoms with Crippen molar-refractivity contribution in [2.45, 2.75) is 38.5 Å². The van der Waals surface area contributed by atoms with Crippen LogP contribution in [0.4, 0.5) is 11.4 Å². The monoisotopic (exact) mass is 341 g/mol. The number of benzene rings is 1. The van der Waals surface area contributed by atoms with E-state index in [1.54, 1.807) is 5.51 Å². The summed E-state index contributed by atoms with van der Waals surface area (Å²) in [5.74, 6) is 0.549. The number of carbonyl (C=O) groups is 2. The molecule has 2 fully saturated rings. The first kappa shape index (κ1) is 15.3. The predicted molar refractivity (Wildman–Crippen MR) is 94.6 cm³/mol. The van der Waals surface area contributed by atoms with Gasteiger partial charge in [-0.3, -0.25) is 9.59 Å². The third-order valence-electron chi connectivity index (χ3n) is 4.47. The van der Waals surface area contributed by atoms with Gasteiger partial charge in [-0.2, -0.15) is 0 Å². The van der Waals surface area contributed by atoms with Crippen molar-refractivity contribution >= 4 is 34.5 Å². The summed E-state index contributed by atoms with van der Waals surface area (Å²) in [5.41, 5.74) is 5.07. The van der Waals surface area contributed by atoms with Crippen LogP contribution in [0.1, 0.15) is 52.5 Å². The zero-order valence-electron chi connectivity index (χ0n) is 13.5. The van der Waals surface area contributed by atoms with Crippen LogP contribution in [0.2, 0.25) is 0 Å². The van der Waals surface area contributed by atoms with Gasteiger partial charge >= 0.3 is 0 Å². The molecule has 4 rings (SSSR count). The number of aromatic nitrogens is 1. The fourth-order valence-corrected chi connectivity index (χ4v) is 3.45. The number of rotatable bonds is 5. The number of amides is 2. The number of nitrogens with one attached hydrogen (secondary N) is 2. The van der Waals surface area contributed by atoms with Gasteiger partial charge in [-0.25, -0.2) is 4.98 Å². The summed E-state index contributed by atoms with van der Waals surface area (Å²) in [4.78, 5) is 29.6. The molecule has 0 saturated heterocycles. The topological polar surface area (TPSA) is 71.1 Å². The molecular weight excluding hydrogens is 322 g/mol. The predicted octanol–water partition coefficient (Wildman–Crippen LogP) is 3.93. The molecule has 6 heteroatoms. The highest BCUT2D eigenvalue weighted by atomic mass is 32.1. The van der Waals surface area contributed by atoms with Crippen molar-refractivity contribution in [1.82, 2.24) is 4.98 Å². The number of hydrogen-bond acceptors (Lipinski definition) is 4. The van der Waals surface area contributed by atoms with Gasteiger partial charge in [-0.1, -0.05) is 6.07 Å². The number of aryl methyl sites for hydroxylation is 1. The molecule has 2 aromatic rings. The van der Waals surface area contributed by atoms with Crippen LogP contribution in [0, 0.1) is 12.8 Å². The smallest absolute Gasteiger partial charge is 0.267 e. The van der Waals surface area contributed by atoms with Gasteiger partial charge < -0.3 is 10.6 Å². The molecule has 0 atom stereocenters. The van der Waals surface area contributed by atoms with E-state index in [4.69, 9.17) is 0 Å². The van der Waals surface area contributed by atoms with Crippen LogP contribution in [0.15, 0.2) is 23.7 Å². The number of anilines is 2. The summed E-state index contributed by atoms with van der Waals surface area (Å²) in [6, 6.07) is 5.60. The fraction of sp³-hybridized carbons (Fsp3) is 0.389. The maximum absolute atomic E-state index is 12.6. The zero-order chi connectivity index (χ0) is 16.7. The van der Waals surface area contributed by atoms with Crippen LogP contribution < -0.4 is 10.6 Å². The van der Waals surface area contributed by atoms with Gasteiger partial charge in [0.1, 0.15) is 4.88 Å². The Labute approximate surface area is 144 Å². The Morgan fingerprint density at radius 2 is 1.96 bits per heavy atom. The molecule has 5 nitrogen and oxygen atoms in total. The number of carbonyl (C=O) groups excluding carboxylic acids is 2. The third-order valence-corrected chi connectivity index (χ3v) is 5.31. The van der Waals surface area contributed by atoms with Crippen molar-refractivity contribution in [2.24, 2.45) is 5.92 Å². The number of nitrogens with zero attached hydrogens (tertiary/aromatic N) is 1. The van der Waals surface area contributed by atoms with E-state index in [1.807, 2.05) is 25.1 Å². The molecule has 1 aromatic heterocycles. The van der Waals surface area contributed by atoms with Crippen LogP contribution in [0.3, 0.4) is 0 Å². The Morgan fingerprint density at radius 3 is 2.67 bits per heavy atom. The highest BCUT2D eigenvalue weighted by molar-refractivity contribution is 7.12. The van der Waals surface area contributed by atoms with Crippen molar-refractivity contribution in [3.05, 3.63) is 39.8 Å². The normalized spacial score (nSPS) is 16.7. The summed E-state index contributed by atoms with van der Waals surface area (Å²) < 4.78 is 0. The lowest BCUT2D eigenvalue weighted by molar-refractivity contribution is -0.117. The molecule has 24 heavy (non-hydrogen) atoms. The molecule has 0 spiro atoms. The molecule has 0 radical (unpaired) electrons. The highest BCUT2D eigenvalue weighted by Crippen LogP contribution is 2.42. The molecule has 2 aliphatic rings. The number of hydrogen-bond donors (Lipinski definition) is 2. The minimum atomic E-state index is -0.117. The maximum atomic E-state index is 12.6. The van der Waals surface area contributed by atoms with Crippen molar-refractivity contribution in [1.29, 1.82) is 0 Å². The molecule has 124 valence electrons. The quantitative estimate of drug-likeness (QED) is 0.865. The van der Waals surface area contributed by atoms with Crippen LogP contribution in [-0.2, 0) is 4.79 Å². The molecule has 2 aliphatic carbocycles. The Morgan fingerprint density at radius 1 is 1.17 bits per heavy atom. The molecule has 2 N–H and O–H groups in total. The second-order valence-electron chi connectivity index (χ2n) is 6.59. The summed E-state index contributed by atoms with van der Waals surface area (Å²) in [7, 11) is 0. The number of thiazole rings is 1.